The van der Waals surface area contributed by atoms with Crippen molar-refractivity contribution in [3.63, 3.8) is 0 Å². The normalized spacial score (nSPS) is 15.9. The maximum Gasteiger partial charge on any atom is 0.0758 e. The van der Waals surface area contributed by atoms with Crippen LogP contribution < -0.4 is 5.32 Å². The summed E-state index contributed by atoms with van der Waals surface area (Å²) in [6.45, 7) is 9.26. The van der Waals surface area contributed by atoms with Gasteiger partial charge in [0.1, 0.15) is 0 Å². The first kappa shape index (κ1) is 15.7. The van der Waals surface area contributed by atoms with E-state index in [1.54, 1.807) is 11.3 Å². The molecule has 1 aromatic heterocycles. The number of hydrogen-bond donors (Lipinski definition) is 1. The monoisotopic (exact) mass is 381 g/mol. The molecule has 0 aliphatic carbocycles. The van der Waals surface area contributed by atoms with Gasteiger partial charge in [-0.05, 0) is 68.3 Å². The molecule has 1 heterocycles. The number of nitrogens with one attached hydrogen (secondary N) is 1. The summed E-state index contributed by atoms with van der Waals surface area (Å²) in [6.07, 6.45) is 1.15. The van der Waals surface area contributed by atoms with E-state index in [2.05, 4.69) is 70.9 Å². The third kappa shape index (κ3) is 4.34. The Labute approximate surface area is 126 Å². The molecule has 0 bridgehead atoms. The van der Waals surface area contributed by atoms with E-state index < -0.39 is 0 Å². The van der Waals surface area contributed by atoms with E-state index in [1.165, 1.54) is 13.1 Å². The Bertz CT molecular complexity index is 368. The van der Waals surface area contributed by atoms with Gasteiger partial charge in [-0.25, -0.2) is 0 Å². The predicted octanol–water partition coefficient (Wildman–Crippen LogP) is 5.61. The van der Waals surface area contributed by atoms with Gasteiger partial charge >= 0.3 is 0 Å². The van der Waals surface area contributed by atoms with Crippen molar-refractivity contribution in [2.75, 3.05) is 7.05 Å². The molecule has 0 fully saturated rings. The maximum atomic E-state index is 3.65. The van der Waals surface area contributed by atoms with Gasteiger partial charge in [-0.3, -0.25) is 0 Å². The minimum absolute atomic E-state index is 0.356. The zero-order chi connectivity index (χ0) is 13.2. The highest BCUT2D eigenvalue weighted by atomic mass is 79.9. The summed E-state index contributed by atoms with van der Waals surface area (Å²) in [7, 11) is 2.04. The molecule has 0 saturated carbocycles. The van der Waals surface area contributed by atoms with E-state index >= 15 is 0 Å². The fraction of sp³-hybridized carbons (Fsp3) is 0.692. The van der Waals surface area contributed by atoms with Crippen LogP contribution in [-0.4, -0.2) is 7.05 Å². The molecule has 98 valence electrons. The molecule has 1 N–H and O–H groups in total. The smallest absolute Gasteiger partial charge is 0.0758 e. The number of rotatable bonds is 4. The summed E-state index contributed by atoms with van der Waals surface area (Å²) in [6, 6.07) is 2.63. The van der Waals surface area contributed by atoms with Crippen LogP contribution in [-0.2, 0) is 0 Å². The third-order valence-electron chi connectivity index (χ3n) is 3.47. The first-order valence-corrected chi connectivity index (χ1v) is 8.28. The average molecular weight is 383 g/mol. The molecule has 0 saturated heterocycles. The quantitative estimate of drug-likeness (QED) is 0.713. The second-order valence-corrected chi connectivity index (χ2v) is 9.37. The van der Waals surface area contributed by atoms with E-state index in [-0.39, 0.29) is 0 Å². The molecule has 0 aliphatic heterocycles. The summed E-state index contributed by atoms with van der Waals surface area (Å²) in [5.41, 5.74) is 1.72. The molecular formula is C13H21Br2NS. The fourth-order valence-corrected chi connectivity index (χ4v) is 4.67. The van der Waals surface area contributed by atoms with Gasteiger partial charge in [-0.1, -0.05) is 27.7 Å². The second kappa shape index (κ2) is 6.18. The van der Waals surface area contributed by atoms with Crippen LogP contribution in [0.15, 0.2) is 13.6 Å². The van der Waals surface area contributed by atoms with Crippen molar-refractivity contribution in [3.05, 3.63) is 19.2 Å². The molecule has 2 unspecified atom stereocenters. The lowest BCUT2D eigenvalue weighted by molar-refractivity contribution is 0.226. The van der Waals surface area contributed by atoms with E-state index in [1.807, 2.05) is 7.05 Å². The summed E-state index contributed by atoms with van der Waals surface area (Å²) >= 11 is 8.94. The lowest BCUT2D eigenvalue weighted by Gasteiger charge is -2.30. The summed E-state index contributed by atoms with van der Waals surface area (Å²) in [5, 5.41) is 3.43. The lowest BCUT2D eigenvalue weighted by atomic mass is 9.78. The standard InChI is InChI=1S/C13H21Br2NS/c1-8(13(2,3)4)6-10(16-5)9-7-11(14)17-12(9)15/h7-8,10,16H,6H2,1-5H3. The molecular weight excluding hydrogens is 362 g/mol. The Morgan fingerprint density at radius 3 is 2.29 bits per heavy atom. The van der Waals surface area contributed by atoms with Crippen LogP contribution in [0.2, 0.25) is 0 Å². The van der Waals surface area contributed by atoms with Crippen LogP contribution in [0.4, 0.5) is 0 Å². The van der Waals surface area contributed by atoms with Crippen molar-refractivity contribution in [1.82, 2.24) is 5.32 Å². The van der Waals surface area contributed by atoms with Crippen molar-refractivity contribution >= 4 is 43.2 Å². The molecule has 4 heteroatoms. The molecule has 0 radical (unpaired) electrons. The van der Waals surface area contributed by atoms with Crippen LogP contribution in [0.5, 0.6) is 0 Å². The van der Waals surface area contributed by atoms with Crippen molar-refractivity contribution in [1.29, 1.82) is 0 Å². The highest BCUT2D eigenvalue weighted by Gasteiger charge is 2.25. The van der Waals surface area contributed by atoms with Gasteiger partial charge < -0.3 is 5.32 Å². The molecule has 2 atom stereocenters. The Morgan fingerprint density at radius 1 is 1.35 bits per heavy atom. The zero-order valence-electron chi connectivity index (χ0n) is 11.1. The van der Waals surface area contributed by atoms with Gasteiger partial charge in [0, 0.05) is 6.04 Å². The highest BCUT2D eigenvalue weighted by Crippen LogP contribution is 2.39. The van der Waals surface area contributed by atoms with Gasteiger partial charge in [-0.15, -0.1) is 11.3 Å². The minimum Gasteiger partial charge on any atom is -0.313 e. The summed E-state index contributed by atoms with van der Waals surface area (Å²) in [4.78, 5) is 0. The Morgan fingerprint density at radius 2 is 1.94 bits per heavy atom. The molecule has 0 spiro atoms. The molecule has 1 nitrogen and oxygen atoms in total. The fourth-order valence-electron chi connectivity index (χ4n) is 1.70. The largest absolute Gasteiger partial charge is 0.313 e. The van der Waals surface area contributed by atoms with Crippen LogP contribution in [0, 0.1) is 11.3 Å². The summed E-state index contributed by atoms with van der Waals surface area (Å²) in [5.74, 6) is 0.672. The van der Waals surface area contributed by atoms with Crippen molar-refractivity contribution in [2.24, 2.45) is 11.3 Å². The second-order valence-electron chi connectivity index (χ2n) is 5.62. The van der Waals surface area contributed by atoms with Gasteiger partial charge in [0.05, 0.1) is 7.57 Å². The molecule has 17 heavy (non-hydrogen) atoms. The van der Waals surface area contributed by atoms with Gasteiger partial charge in [-0.2, -0.15) is 0 Å². The molecule has 0 aliphatic rings. The number of thiophene rings is 1. The average Bonchev–Trinajstić information content (AvgIpc) is 2.52. The van der Waals surface area contributed by atoms with E-state index in [4.69, 9.17) is 0 Å². The number of hydrogen-bond acceptors (Lipinski definition) is 2. The highest BCUT2D eigenvalue weighted by molar-refractivity contribution is 9.12. The lowest BCUT2D eigenvalue weighted by Crippen LogP contribution is -2.25. The molecule has 0 amide bonds. The van der Waals surface area contributed by atoms with Crippen molar-refractivity contribution < 1.29 is 0 Å². The minimum atomic E-state index is 0.356. The SMILES string of the molecule is CNC(CC(C)C(C)(C)C)c1cc(Br)sc1Br. The van der Waals surface area contributed by atoms with Crippen LogP contribution in [0.3, 0.4) is 0 Å². The predicted molar refractivity (Wildman–Crippen MR) is 84.8 cm³/mol. The first-order chi connectivity index (χ1) is 7.75. The van der Waals surface area contributed by atoms with E-state index in [0.717, 1.165) is 6.42 Å². The maximum absolute atomic E-state index is 3.65. The van der Waals surface area contributed by atoms with Crippen LogP contribution >= 0.6 is 43.2 Å². The molecule has 1 aromatic rings. The molecule has 1 rings (SSSR count). The van der Waals surface area contributed by atoms with E-state index in [9.17, 15) is 0 Å². The Kier molecular flexibility index (Phi) is 5.70. The van der Waals surface area contributed by atoms with Crippen LogP contribution in [0.1, 0.15) is 45.7 Å². The van der Waals surface area contributed by atoms with E-state index in [0.29, 0.717) is 17.4 Å². The van der Waals surface area contributed by atoms with Crippen molar-refractivity contribution in [2.45, 2.75) is 40.2 Å². The van der Waals surface area contributed by atoms with Gasteiger partial charge in [0.15, 0.2) is 0 Å². The zero-order valence-corrected chi connectivity index (χ0v) is 15.1. The van der Waals surface area contributed by atoms with Crippen molar-refractivity contribution in [3.8, 4) is 0 Å². The summed E-state index contributed by atoms with van der Waals surface area (Å²) < 4.78 is 2.41. The number of halogens is 2. The topological polar surface area (TPSA) is 12.0 Å². The first-order valence-electron chi connectivity index (χ1n) is 5.87. The Balaban J connectivity index is 2.83. The third-order valence-corrected chi connectivity index (χ3v) is 5.86. The van der Waals surface area contributed by atoms with Crippen LogP contribution in [0.25, 0.3) is 0 Å². The molecule has 0 aromatic carbocycles. The van der Waals surface area contributed by atoms with Gasteiger partial charge in [0.25, 0.3) is 0 Å². The Hall–Kier alpha value is 0.620. The van der Waals surface area contributed by atoms with Gasteiger partial charge in [0.2, 0.25) is 0 Å².